The highest BCUT2D eigenvalue weighted by molar-refractivity contribution is 6.46. The molecule has 1 N–H and O–H groups in total. The average Bonchev–Trinajstić information content (AvgIpc) is 3.17. The van der Waals surface area contributed by atoms with E-state index in [0.717, 1.165) is 37.2 Å². The van der Waals surface area contributed by atoms with Crippen LogP contribution in [-0.2, 0) is 14.3 Å². The quantitative estimate of drug-likeness (QED) is 0.234. The zero-order valence-corrected chi connectivity index (χ0v) is 20.9. The van der Waals surface area contributed by atoms with Crippen LogP contribution in [0.5, 0.6) is 11.5 Å². The van der Waals surface area contributed by atoms with Crippen molar-refractivity contribution in [1.29, 1.82) is 0 Å². The highest BCUT2D eigenvalue weighted by Gasteiger charge is 2.46. The first kappa shape index (κ1) is 25.7. The molecule has 0 bridgehead atoms. The van der Waals surface area contributed by atoms with Crippen LogP contribution in [0.2, 0.25) is 0 Å². The molecule has 0 aliphatic carbocycles. The van der Waals surface area contributed by atoms with E-state index in [9.17, 15) is 14.7 Å². The molecule has 2 saturated heterocycles. The van der Waals surface area contributed by atoms with Crippen molar-refractivity contribution in [3.63, 3.8) is 0 Å². The molecule has 1 atom stereocenters. The second-order valence-corrected chi connectivity index (χ2v) is 8.95. The fourth-order valence-electron chi connectivity index (χ4n) is 4.52. The first-order valence-corrected chi connectivity index (χ1v) is 12.5. The molecular formula is C28H34N2O6. The second kappa shape index (κ2) is 12.1. The van der Waals surface area contributed by atoms with E-state index in [-0.39, 0.29) is 11.3 Å². The molecule has 1 unspecified atom stereocenters. The molecule has 0 radical (unpaired) electrons. The first-order valence-electron chi connectivity index (χ1n) is 12.5. The minimum atomic E-state index is -0.696. The van der Waals surface area contributed by atoms with Gasteiger partial charge in [-0.3, -0.25) is 14.5 Å². The van der Waals surface area contributed by atoms with E-state index in [2.05, 4.69) is 11.8 Å². The summed E-state index contributed by atoms with van der Waals surface area (Å²) in [5, 5.41) is 11.2. The van der Waals surface area contributed by atoms with E-state index in [1.54, 1.807) is 36.3 Å². The van der Waals surface area contributed by atoms with Gasteiger partial charge in [0, 0.05) is 31.7 Å². The van der Waals surface area contributed by atoms with Crippen molar-refractivity contribution in [2.45, 2.75) is 25.8 Å². The van der Waals surface area contributed by atoms with Crippen molar-refractivity contribution in [1.82, 2.24) is 9.80 Å². The normalized spacial score (nSPS) is 20.1. The highest BCUT2D eigenvalue weighted by Crippen LogP contribution is 2.40. The number of hydrogen-bond donors (Lipinski definition) is 1. The number of benzene rings is 2. The van der Waals surface area contributed by atoms with Crippen LogP contribution in [0.3, 0.4) is 0 Å². The number of aliphatic hydroxyl groups excluding tert-OH is 1. The van der Waals surface area contributed by atoms with Gasteiger partial charge in [0.2, 0.25) is 0 Å². The van der Waals surface area contributed by atoms with Gasteiger partial charge in [-0.1, -0.05) is 25.5 Å². The number of likely N-dealkylation sites (tertiary alicyclic amines) is 1. The van der Waals surface area contributed by atoms with Crippen LogP contribution in [0.15, 0.2) is 54.1 Å². The van der Waals surface area contributed by atoms with Crippen LogP contribution >= 0.6 is 0 Å². The van der Waals surface area contributed by atoms with Gasteiger partial charge in [0.05, 0.1) is 38.5 Å². The SMILES string of the molecule is CCCCOc1ccc(C2C(=C(O)c3ccc(OC)cc3)C(=O)C(=O)N2CCN2CCOCC2)cc1. The van der Waals surface area contributed by atoms with Crippen LogP contribution < -0.4 is 9.47 Å². The van der Waals surface area contributed by atoms with Crippen LogP contribution in [0.25, 0.3) is 5.76 Å². The fourth-order valence-corrected chi connectivity index (χ4v) is 4.52. The standard InChI is InChI=1S/C28H34N2O6/c1-3-4-17-36-23-11-5-20(6-12-23)25-24(26(31)21-7-9-22(34-2)10-8-21)27(32)28(33)30(25)14-13-29-15-18-35-19-16-29/h5-12,25,31H,3-4,13-19H2,1-2H3. The number of ketones is 1. The number of carbonyl (C=O) groups excluding carboxylic acids is 2. The number of Topliss-reactive ketones (excluding diaryl/α,β-unsaturated/α-hetero) is 1. The van der Waals surface area contributed by atoms with Gasteiger partial charge >= 0.3 is 0 Å². The third kappa shape index (κ3) is 5.71. The van der Waals surface area contributed by atoms with E-state index in [1.807, 2.05) is 24.3 Å². The summed E-state index contributed by atoms with van der Waals surface area (Å²) in [5.74, 6) is -0.122. The summed E-state index contributed by atoms with van der Waals surface area (Å²) in [6.45, 7) is 6.59. The Kier molecular flexibility index (Phi) is 8.61. The summed E-state index contributed by atoms with van der Waals surface area (Å²) >= 11 is 0. The Bertz CT molecular complexity index is 1070. The Balaban J connectivity index is 1.67. The average molecular weight is 495 g/mol. The number of hydrogen-bond acceptors (Lipinski definition) is 7. The van der Waals surface area contributed by atoms with E-state index < -0.39 is 17.7 Å². The smallest absolute Gasteiger partial charge is 0.295 e. The third-order valence-electron chi connectivity index (χ3n) is 6.63. The summed E-state index contributed by atoms with van der Waals surface area (Å²) in [7, 11) is 1.56. The van der Waals surface area contributed by atoms with E-state index in [4.69, 9.17) is 14.2 Å². The monoisotopic (exact) mass is 494 g/mol. The topological polar surface area (TPSA) is 88.5 Å². The number of amides is 1. The van der Waals surface area contributed by atoms with Gasteiger partial charge in [-0.2, -0.15) is 0 Å². The molecule has 1 amide bonds. The molecule has 0 spiro atoms. The van der Waals surface area contributed by atoms with Gasteiger partial charge in [-0.05, 0) is 48.4 Å². The van der Waals surface area contributed by atoms with Gasteiger partial charge < -0.3 is 24.2 Å². The highest BCUT2D eigenvalue weighted by atomic mass is 16.5. The van der Waals surface area contributed by atoms with Crippen molar-refractivity contribution in [2.24, 2.45) is 0 Å². The lowest BCUT2D eigenvalue weighted by molar-refractivity contribution is -0.140. The van der Waals surface area contributed by atoms with Crippen molar-refractivity contribution in [2.75, 3.05) is 53.1 Å². The minimum absolute atomic E-state index is 0.0896. The molecule has 0 saturated carbocycles. The number of carbonyl (C=O) groups is 2. The number of methoxy groups -OCH3 is 1. The van der Waals surface area contributed by atoms with Gasteiger partial charge in [0.15, 0.2) is 0 Å². The molecule has 2 aromatic carbocycles. The molecule has 8 heteroatoms. The summed E-state index contributed by atoms with van der Waals surface area (Å²) in [4.78, 5) is 30.2. The van der Waals surface area contributed by atoms with E-state index in [0.29, 0.717) is 44.2 Å². The van der Waals surface area contributed by atoms with Crippen molar-refractivity contribution >= 4 is 17.4 Å². The van der Waals surface area contributed by atoms with Crippen LogP contribution in [0, 0.1) is 0 Å². The summed E-state index contributed by atoms with van der Waals surface area (Å²) in [5.41, 5.74) is 1.28. The Labute approximate surface area is 212 Å². The summed E-state index contributed by atoms with van der Waals surface area (Å²) in [6.07, 6.45) is 2.01. The molecule has 0 aromatic heterocycles. The molecule has 2 fully saturated rings. The Morgan fingerprint density at radius 1 is 1.00 bits per heavy atom. The minimum Gasteiger partial charge on any atom is -0.507 e. The van der Waals surface area contributed by atoms with Crippen molar-refractivity contribution in [3.05, 3.63) is 65.2 Å². The molecule has 2 aliphatic heterocycles. The predicted octanol–water partition coefficient (Wildman–Crippen LogP) is 3.63. The number of morpholine rings is 1. The summed E-state index contributed by atoms with van der Waals surface area (Å²) in [6, 6.07) is 13.5. The number of ether oxygens (including phenoxy) is 3. The summed E-state index contributed by atoms with van der Waals surface area (Å²) < 4.78 is 16.4. The van der Waals surface area contributed by atoms with Gasteiger partial charge in [0.25, 0.3) is 11.7 Å². The molecule has 192 valence electrons. The maximum Gasteiger partial charge on any atom is 0.295 e. The molecular weight excluding hydrogens is 460 g/mol. The molecule has 4 rings (SSSR count). The Hall–Kier alpha value is -3.36. The molecule has 2 heterocycles. The first-order chi connectivity index (χ1) is 17.5. The lowest BCUT2D eigenvalue weighted by atomic mass is 9.95. The zero-order chi connectivity index (χ0) is 25.5. The number of nitrogens with zero attached hydrogens (tertiary/aromatic N) is 2. The largest absolute Gasteiger partial charge is 0.507 e. The van der Waals surface area contributed by atoms with Crippen LogP contribution in [0.1, 0.15) is 36.9 Å². The van der Waals surface area contributed by atoms with E-state index in [1.165, 1.54) is 0 Å². The van der Waals surface area contributed by atoms with Gasteiger partial charge in [-0.15, -0.1) is 0 Å². The van der Waals surface area contributed by atoms with E-state index >= 15 is 0 Å². The maximum absolute atomic E-state index is 13.2. The van der Waals surface area contributed by atoms with Crippen LogP contribution in [-0.4, -0.2) is 79.7 Å². The number of aliphatic hydroxyl groups is 1. The third-order valence-corrected chi connectivity index (χ3v) is 6.63. The van der Waals surface area contributed by atoms with Gasteiger partial charge in [-0.25, -0.2) is 0 Å². The zero-order valence-electron chi connectivity index (χ0n) is 20.9. The van der Waals surface area contributed by atoms with Gasteiger partial charge in [0.1, 0.15) is 17.3 Å². The fraction of sp³-hybridized carbons (Fsp3) is 0.429. The Morgan fingerprint density at radius 2 is 1.67 bits per heavy atom. The predicted molar refractivity (Wildman–Crippen MR) is 136 cm³/mol. The Morgan fingerprint density at radius 3 is 2.31 bits per heavy atom. The molecule has 36 heavy (non-hydrogen) atoms. The molecule has 2 aromatic rings. The van der Waals surface area contributed by atoms with Crippen molar-refractivity contribution in [3.8, 4) is 11.5 Å². The lowest BCUT2D eigenvalue weighted by Crippen LogP contribution is -2.42. The number of rotatable bonds is 10. The number of unbranched alkanes of at least 4 members (excludes halogenated alkanes) is 1. The molecule has 8 nitrogen and oxygen atoms in total. The second-order valence-electron chi connectivity index (χ2n) is 8.95. The lowest BCUT2D eigenvalue weighted by Gasteiger charge is -2.31. The van der Waals surface area contributed by atoms with Crippen molar-refractivity contribution < 1.29 is 28.9 Å². The maximum atomic E-state index is 13.2. The van der Waals surface area contributed by atoms with Crippen LogP contribution in [0.4, 0.5) is 0 Å². The molecule has 2 aliphatic rings.